The number of ketones is 2. The molecule has 0 spiro atoms. The third kappa shape index (κ3) is 13.7. The number of aromatic nitrogens is 2. The monoisotopic (exact) mass is 520 g/mol. The van der Waals surface area contributed by atoms with Crippen molar-refractivity contribution < 1.29 is 23.1 Å². The molecule has 0 aliphatic heterocycles. The number of hydrogen-bond acceptors (Lipinski definition) is 4. The Hall–Kier alpha value is -3.09. The SMILES string of the molecule is CC.CC.CC(=O)c1cn(C)c2ccccc12.CCC(F)(F)COc1ccc(C(C)=O)cn1.CCCC. The van der Waals surface area contributed by atoms with Gasteiger partial charge < -0.3 is 9.30 Å². The highest BCUT2D eigenvalue weighted by molar-refractivity contribution is 6.06. The lowest BCUT2D eigenvalue weighted by atomic mass is 10.1. The van der Waals surface area contributed by atoms with Crippen LogP contribution >= 0.6 is 0 Å². The fraction of sp³-hybridized carbons (Fsp3) is 0.500. The molecule has 0 saturated carbocycles. The topological polar surface area (TPSA) is 61.2 Å². The highest BCUT2D eigenvalue weighted by Gasteiger charge is 2.27. The van der Waals surface area contributed by atoms with E-state index in [0.29, 0.717) is 5.56 Å². The van der Waals surface area contributed by atoms with Crippen molar-refractivity contribution in [2.45, 2.75) is 87.5 Å². The molecular weight excluding hydrogens is 474 g/mol. The van der Waals surface area contributed by atoms with E-state index in [1.54, 1.807) is 6.92 Å². The summed E-state index contributed by atoms with van der Waals surface area (Å²) in [5.74, 6) is -2.76. The van der Waals surface area contributed by atoms with E-state index in [9.17, 15) is 18.4 Å². The molecule has 37 heavy (non-hydrogen) atoms. The van der Waals surface area contributed by atoms with Crippen molar-refractivity contribution in [3.8, 4) is 5.88 Å². The van der Waals surface area contributed by atoms with Crippen molar-refractivity contribution >= 4 is 22.5 Å². The first-order valence-corrected chi connectivity index (χ1v) is 13.1. The highest BCUT2D eigenvalue weighted by atomic mass is 19.3. The molecule has 1 aromatic carbocycles. The van der Waals surface area contributed by atoms with E-state index in [2.05, 4.69) is 18.8 Å². The second kappa shape index (κ2) is 20.0. The summed E-state index contributed by atoms with van der Waals surface area (Å²) in [5, 5.41) is 1.04. The number of rotatable bonds is 7. The molecule has 7 heteroatoms. The van der Waals surface area contributed by atoms with Gasteiger partial charge in [0.1, 0.15) is 0 Å². The summed E-state index contributed by atoms with van der Waals surface area (Å²) in [5.41, 5.74) is 2.33. The molecule has 3 rings (SSSR count). The Labute approximate surface area is 222 Å². The maximum Gasteiger partial charge on any atom is 0.281 e. The average molecular weight is 521 g/mol. The first-order valence-electron chi connectivity index (χ1n) is 13.1. The molecule has 0 N–H and O–H groups in total. The number of Topliss-reactive ketones (excluding diaryl/α,β-unsaturated/α-hetero) is 2. The van der Waals surface area contributed by atoms with E-state index < -0.39 is 12.5 Å². The zero-order valence-electron chi connectivity index (χ0n) is 24.3. The van der Waals surface area contributed by atoms with Gasteiger partial charge in [0, 0.05) is 54.0 Å². The number of fused-ring (bicyclic) bond motifs is 1. The van der Waals surface area contributed by atoms with Crippen molar-refractivity contribution in [1.82, 2.24) is 9.55 Å². The molecule has 208 valence electrons. The van der Waals surface area contributed by atoms with Crippen molar-refractivity contribution in [2.24, 2.45) is 7.05 Å². The van der Waals surface area contributed by atoms with Crippen molar-refractivity contribution in [2.75, 3.05) is 6.61 Å². The van der Waals surface area contributed by atoms with Gasteiger partial charge in [-0.2, -0.15) is 0 Å². The number of alkyl halides is 2. The summed E-state index contributed by atoms with van der Waals surface area (Å²) in [6.45, 7) is 16.1. The average Bonchev–Trinajstić information content (AvgIpc) is 3.27. The van der Waals surface area contributed by atoms with E-state index in [4.69, 9.17) is 4.74 Å². The van der Waals surface area contributed by atoms with Crippen LogP contribution < -0.4 is 4.74 Å². The molecule has 0 unspecified atom stereocenters. The quantitative estimate of drug-likeness (QED) is 0.292. The third-order valence-corrected chi connectivity index (χ3v) is 4.87. The Morgan fingerprint density at radius 2 is 1.49 bits per heavy atom. The molecule has 0 radical (unpaired) electrons. The predicted octanol–water partition coefficient (Wildman–Crippen LogP) is 8.95. The number of nitrogens with zero attached hydrogens (tertiary/aromatic N) is 2. The Balaban J connectivity index is 0. The van der Waals surface area contributed by atoms with Crippen LogP contribution in [0.15, 0.2) is 48.8 Å². The molecule has 3 aromatic rings. The van der Waals surface area contributed by atoms with Gasteiger partial charge in [-0.15, -0.1) is 0 Å². The number of carbonyl (C=O) groups is 2. The summed E-state index contributed by atoms with van der Waals surface area (Å²) in [6.07, 6.45) is 5.55. The number of ether oxygens (including phenoxy) is 1. The minimum absolute atomic E-state index is 0.0955. The molecular formula is C30H46F2N2O3. The molecule has 0 atom stereocenters. The normalized spacial score (nSPS) is 9.73. The lowest BCUT2D eigenvalue weighted by molar-refractivity contribution is -0.0447. The summed E-state index contributed by atoms with van der Waals surface area (Å²) < 4.78 is 32.5. The number of unbranched alkanes of at least 4 members (excludes halogenated alkanes) is 1. The van der Waals surface area contributed by atoms with Gasteiger partial charge in [-0.05, 0) is 26.0 Å². The van der Waals surface area contributed by atoms with E-state index in [1.807, 2.05) is 69.8 Å². The highest BCUT2D eigenvalue weighted by Crippen LogP contribution is 2.20. The van der Waals surface area contributed by atoms with E-state index in [-0.39, 0.29) is 23.9 Å². The van der Waals surface area contributed by atoms with E-state index in [0.717, 1.165) is 16.5 Å². The van der Waals surface area contributed by atoms with Crippen LogP contribution in [0.1, 0.15) is 102 Å². The molecule has 2 heterocycles. The van der Waals surface area contributed by atoms with Gasteiger partial charge in [-0.1, -0.05) is 79.5 Å². The van der Waals surface area contributed by atoms with Crippen LogP contribution in [0.3, 0.4) is 0 Å². The molecule has 0 aliphatic rings. The maximum absolute atomic E-state index is 12.8. The van der Waals surface area contributed by atoms with Crippen molar-refractivity contribution in [3.05, 3.63) is 59.9 Å². The van der Waals surface area contributed by atoms with E-state index >= 15 is 0 Å². The minimum atomic E-state index is -2.85. The summed E-state index contributed by atoms with van der Waals surface area (Å²) >= 11 is 0. The van der Waals surface area contributed by atoms with Gasteiger partial charge in [0.15, 0.2) is 18.2 Å². The second-order valence-electron chi connectivity index (χ2n) is 7.67. The van der Waals surface area contributed by atoms with Gasteiger partial charge in [0.2, 0.25) is 5.88 Å². The fourth-order valence-electron chi connectivity index (χ4n) is 2.58. The molecule has 0 fully saturated rings. The number of pyridine rings is 1. The molecule has 0 aliphatic carbocycles. The Kier molecular flexibility index (Phi) is 19.5. The van der Waals surface area contributed by atoms with Crippen LogP contribution in [-0.2, 0) is 7.05 Å². The number of benzene rings is 1. The molecule has 0 bridgehead atoms. The third-order valence-electron chi connectivity index (χ3n) is 4.87. The van der Waals surface area contributed by atoms with Gasteiger partial charge in [-0.3, -0.25) is 9.59 Å². The largest absolute Gasteiger partial charge is 0.471 e. The lowest BCUT2D eigenvalue weighted by Crippen LogP contribution is -2.24. The van der Waals surface area contributed by atoms with Gasteiger partial charge in [0.05, 0.1) is 0 Å². The van der Waals surface area contributed by atoms with Crippen LogP contribution in [0.2, 0.25) is 0 Å². The van der Waals surface area contributed by atoms with Crippen molar-refractivity contribution in [3.63, 3.8) is 0 Å². The fourth-order valence-corrected chi connectivity index (χ4v) is 2.58. The van der Waals surface area contributed by atoms with Gasteiger partial charge in [-0.25, -0.2) is 13.8 Å². The summed E-state index contributed by atoms with van der Waals surface area (Å²) in [6, 6.07) is 10.8. The Morgan fingerprint density at radius 3 is 1.92 bits per heavy atom. The van der Waals surface area contributed by atoms with Crippen LogP contribution in [0.4, 0.5) is 8.78 Å². The second-order valence-corrected chi connectivity index (χ2v) is 7.67. The zero-order chi connectivity index (χ0) is 29.0. The predicted molar refractivity (Wildman–Crippen MR) is 151 cm³/mol. The maximum atomic E-state index is 12.8. The number of hydrogen-bond donors (Lipinski definition) is 0. The van der Waals surface area contributed by atoms with Crippen LogP contribution in [-0.4, -0.2) is 33.6 Å². The number of aryl methyl sites for hydroxylation is 1. The van der Waals surface area contributed by atoms with E-state index in [1.165, 1.54) is 45.0 Å². The first kappa shape index (κ1) is 36.1. The Morgan fingerprint density at radius 1 is 0.919 bits per heavy atom. The molecule has 5 nitrogen and oxygen atoms in total. The zero-order valence-corrected chi connectivity index (χ0v) is 24.3. The van der Waals surface area contributed by atoms with Gasteiger partial charge in [0.25, 0.3) is 5.92 Å². The van der Waals surface area contributed by atoms with Gasteiger partial charge >= 0.3 is 0 Å². The molecule has 0 saturated heterocycles. The van der Waals surface area contributed by atoms with Crippen LogP contribution in [0.25, 0.3) is 10.9 Å². The Bertz CT molecular complexity index is 1030. The molecule has 2 aromatic heterocycles. The van der Waals surface area contributed by atoms with Crippen molar-refractivity contribution in [1.29, 1.82) is 0 Å². The lowest BCUT2D eigenvalue weighted by Gasteiger charge is -2.14. The smallest absolute Gasteiger partial charge is 0.281 e. The number of halogens is 2. The standard InChI is InChI=1S/C11H13F2NO2.C11H11NO.C4H10.2C2H6/c1-3-11(12,13)7-16-10-5-4-9(6-14-10)8(2)15;1-8(13)10-7-12(2)11-6-4-3-5-9(10)11;1-3-4-2;2*1-2/h4-6H,3,7H2,1-2H3;3-7H,1-2H3;3-4H2,1-2H3;2*1-2H3. The minimum Gasteiger partial charge on any atom is -0.471 e. The summed E-state index contributed by atoms with van der Waals surface area (Å²) in [4.78, 5) is 25.9. The number of carbonyl (C=O) groups excluding carboxylic acids is 2. The molecule has 0 amide bonds. The number of para-hydroxylation sites is 1. The van der Waals surface area contributed by atoms with Crippen LogP contribution in [0, 0.1) is 0 Å². The first-order chi connectivity index (χ1) is 17.6. The summed E-state index contributed by atoms with van der Waals surface area (Å²) in [7, 11) is 1.95. The van der Waals surface area contributed by atoms with Crippen LogP contribution in [0.5, 0.6) is 5.88 Å².